The molecule has 44 heavy (non-hydrogen) atoms. The summed E-state index contributed by atoms with van der Waals surface area (Å²) >= 11 is 0. The van der Waals surface area contributed by atoms with Crippen LogP contribution < -0.4 is 0 Å². The highest BCUT2D eigenvalue weighted by Gasteiger charge is 2.42. The van der Waals surface area contributed by atoms with Crippen LogP contribution in [0.4, 0.5) is 4.39 Å². The molecular formula is C34H38FN7O2. The number of nitriles is 1. The lowest BCUT2D eigenvalue weighted by molar-refractivity contribution is -0.130. The zero-order chi connectivity index (χ0) is 30.8. The smallest absolute Gasteiger partial charge is 0.246 e. The van der Waals surface area contributed by atoms with Crippen molar-refractivity contribution in [2.45, 2.75) is 56.7 Å². The van der Waals surface area contributed by atoms with Crippen molar-refractivity contribution in [1.82, 2.24) is 19.7 Å². The second-order valence-corrected chi connectivity index (χ2v) is 12.2. The van der Waals surface area contributed by atoms with Crippen molar-refractivity contribution in [3.05, 3.63) is 82.4 Å². The summed E-state index contributed by atoms with van der Waals surface area (Å²) < 4.78 is 22.5. The number of ether oxygens (including phenoxy) is 1. The molecule has 1 aromatic rings. The third kappa shape index (κ3) is 5.55. The van der Waals surface area contributed by atoms with Crippen molar-refractivity contribution in [2.24, 2.45) is 10.9 Å². The van der Waals surface area contributed by atoms with E-state index in [0.29, 0.717) is 37.5 Å². The van der Waals surface area contributed by atoms with Gasteiger partial charge in [0, 0.05) is 60.8 Å². The molecule has 3 aliphatic heterocycles. The zero-order valence-corrected chi connectivity index (χ0v) is 25.2. The third-order valence-electron chi connectivity index (χ3n) is 9.68. The highest BCUT2D eigenvalue weighted by Crippen LogP contribution is 2.42. The van der Waals surface area contributed by atoms with Crippen molar-refractivity contribution in [3.8, 4) is 6.07 Å². The summed E-state index contributed by atoms with van der Waals surface area (Å²) in [6, 6.07) is 1.69. The van der Waals surface area contributed by atoms with E-state index in [1.807, 2.05) is 17.2 Å². The molecule has 2 unspecified atom stereocenters. The highest BCUT2D eigenvalue weighted by atomic mass is 19.1. The average Bonchev–Trinajstić information content (AvgIpc) is 3.46. The average molecular weight is 596 g/mol. The number of aliphatic imine (C=N–C) groups is 1. The van der Waals surface area contributed by atoms with Crippen LogP contribution in [0.15, 0.2) is 59.3 Å². The maximum absolute atomic E-state index is 16.2. The van der Waals surface area contributed by atoms with Gasteiger partial charge < -0.3 is 24.3 Å². The number of likely N-dealkylation sites (tertiary alicyclic amines) is 1. The number of piperazine rings is 1. The van der Waals surface area contributed by atoms with Crippen LogP contribution in [0.3, 0.4) is 0 Å². The fourth-order valence-electron chi connectivity index (χ4n) is 7.34. The molecule has 9 nitrogen and oxygen atoms in total. The molecule has 4 heterocycles. The lowest BCUT2D eigenvalue weighted by Gasteiger charge is -2.44. The van der Waals surface area contributed by atoms with E-state index in [4.69, 9.17) is 16.3 Å². The van der Waals surface area contributed by atoms with Crippen molar-refractivity contribution in [1.29, 1.82) is 5.26 Å². The third-order valence-corrected chi connectivity index (χ3v) is 9.68. The van der Waals surface area contributed by atoms with Gasteiger partial charge in [0.15, 0.2) is 0 Å². The monoisotopic (exact) mass is 595 g/mol. The highest BCUT2D eigenvalue weighted by molar-refractivity contribution is 6.00. The van der Waals surface area contributed by atoms with Crippen molar-refractivity contribution < 1.29 is 13.9 Å². The molecule has 10 heteroatoms. The summed E-state index contributed by atoms with van der Waals surface area (Å²) in [4.78, 5) is 31.5. The molecule has 0 saturated carbocycles. The molecule has 6 rings (SSSR count). The first kappa shape index (κ1) is 29.8. The Bertz CT molecular complexity index is 1550. The van der Waals surface area contributed by atoms with Crippen LogP contribution in [0.25, 0.3) is 10.4 Å². The molecule has 2 aliphatic carbocycles. The number of nitrogens with zero attached hydrogens (tertiary/aromatic N) is 7. The maximum atomic E-state index is 16.2. The van der Waals surface area contributed by atoms with Crippen LogP contribution in [0.1, 0.15) is 42.4 Å². The van der Waals surface area contributed by atoms with Crippen molar-refractivity contribution in [2.75, 3.05) is 46.4 Å². The predicted octanol–water partition coefficient (Wildman–Crippen LogP) is 4.11. The largest absolute Gasteiger partial charge is 0.475 e. The molecule has 0 aromatic carbocycles. The molecular weight excluding hydrogens is 557 g/mol. The SMILES string of the molecule is [C-]#[N+]C[C@H]1CN(C2=C(C#N)C(OC[C@@H]3CCCN3C)=NC3C=C(c4cncc5c4CCCC5)C(F)=CC23)CCN1C(=O)C=C. The standard InChI is InChI=1S/C34H38FN7O2/c1-4-32(43)42-13-12-41(20-24(42)18-37-2)33-27-14-30(35)26(29-19-38-17-22-8-5-6-10-25(22)29)15-31(27)39-34(28(33)16-36)44-21-23-9-7-11-40(23)3/h4,14-15,17,19,23-24,27,31H,1,5-13,18,20-21H2,3H3/t23-,24-,27?,31?/m0/s1. The predicted molar refractivity (Wildman–Crippen MR) is 166 cm³/mol. The second kappa shape index (κ2) is 12.8. The summed E-state index contributed by atoms with van der Waals surface area (Å²) in [5.74, 6) is -0.837. The van der Waals surface area contributed by atoms with Gasteiger partial charge in [-0.3, -0.25) is 9.78 Å². The Morgan fingerprint density at radius 3 is 2.82 bits per heavy atom. The van der Waals surface area contributed by atoms with Gasteiger partial charge >= 0.3 is 0 Å². The number of rotatable bonds is 6. The van der Waals surface area contributed by atoms with Crippen LogP contribution >= 0.6 is 0 Å². The number of amides is 1. The number of dihydropyridines is 1. The molecule has 1 aromatic heterocycles. The molecule has 2 fully saturated rings. The van der Waals surface area contributed by atoms with E-state index in [9.17, 15) is 10.1 Å². The molecule has 0 radical (unpaired) electrons. The molecule has 4 atom stereocenters. The quantitative estimate of drug-likeness (QED) is 0.363. The van der Waals surface area contributed by atoms with Gasteiger partial charge in [-0.1, -0.05) is 6.58 Å². The Morgan fingerprint density at radius 2 is 2.07 bits per heavy atom. The number of aromatic nitrogens is 1. The maximum Gasteiger partial charge on any atom is 0.246 e. The van der Waals surface area contributed by atoms with E-state index in [1.54, 1.807) is 17.2 Å². The van der Waals surface area contributed by atoms with Crippen molar-refractivity contribution in [3.63, 3.8) is 0 Å². The number of allylic oxidation sites excluding steroid dienone is 2. The summed E-state index contributed by atoms with van der Waals surface area (Å²) in [7, 11) is 2.08. The van der Waals surface area contributed by atoms with Gasteiger partial charge in [-0.05, 0) is 81.5 Å². The number of carbonyl (C=O) groups excluding carboxylic acids is 1. The number of pyridine rings is 1. The number of likely N-dealkylation sites (N-methyl/N-ethyl adjacent to an activating group) is 1. The molecule has 0 N–H and O–H groups in total. The molecule has 2 saturated heterocycles. The minimum Gasteiger partial charge on any atom is -0.475 e. The van der Waals surface area contributed by atoms with Gasteiger partial charge in [0.2, 0.25) is 18.3 Å². The molecule has 0 bridgehead atoms. The van der Waals surface area contributed by atoms with E-state index < -0.39 is 18.0 Å². The summed E-state index contributed by atoms with van der Waals surface area (Å²) in [5.41, 5.74) is 4.55. The van der Waals surface area contributed by atoms with Gasteiger partial charge in [-0.2, -0.15) is 5.26 Å². The van der Waals surface area contributed by atoms with Crippen LogP contribution in [-0.4, -0.2) is 96.0 Å². The lowest BCUT2D eigenvalue weighted by atomic mass is 9.80. The summed E-state index contributed by atoms with van der Waals surface area (Å²) in [6.45, 7) is 13.8. The molecule has 1 amide bonds. The number of aryl methyl sites for hydroxylation is 1. The number of hydrogen-bond acceptors (Lipinski definition) is 7. The normalized spacial score (nSPS) is 26.9. The van der Waals surface area contributed by atoms with Crippen molar-refractivity contribution >= 4 is 17.4 Å². The van der Waals surface area contributed by atoms with E-state index in [0.717, 1.165) is 56.2 Å². The molecule has 0 spiro atoms. The lowest BCUT2D eigenvalue weighted by Crippen LogP contribution is -2.57. The second-order valence-electron chi connectivity index (χ2n) is 12.2. The number of fused-ring (bicyclic) bond motifs is 2. The topological polar surface area (TPSA) is 89.4 Å². The van der Waals surface area contributed by atoms with E-state index >= 15 is 4.39 Å². The number of hydrogen-bond donors (Lipinski definition) is 0. The van der Waals surface area contributed by atoms with Crippen LogP contribution in [0.2, 0.25) is 0 Å². The van der Waals surface area contributed by atoms with Crippen LogP contribution in [0, 0.1) is 23.8 Å². The summed E-state index contributed by atoms with van der Waals surface area (Å²) in [5, 5.41) is 10.5. The fraction of sp³-hybridized carbons (Fsp3) is 0.500. The van der Waals surface area contributed by atoms with Crippen LogP contribution in [0.5, 0.6) is 0 Å². The van der Waals surface area contributed by atoms with Gasteiger partial charge in [0.05, 0.1) is 6.04 Å². The first-order chi connectivity index (χ1) is 21.4. The number of carbonyl (C=O) groups is 1. The minimum atomic E-state index is -0.530. The first-order valence-electron chi connectivity index (χ1n) is 15.6. The Balaban J connectivity index is 1.39. The minimum absolute atomic E-state index is 0.116. The molecule has 228 valence electrons. The van der Waals surface area contributed by atoms with Gasteiger partial charge in [0.1, 0.15) is 30.1 Å². The van der Waals surface area contributed by atoms with E-state index in [1.165, 1.54) is 11.6 Å². The van der Waals surface area contributed by atoms with Crippen LogP contribution in [-0.2, 0) is 22.4 Å². The summed E-state index contributed by atoms with van der Waals surface area (Å²) in [6.07, 6.45) is 14.5. The van der Waals surface area contributed by atoms with Gasteiger partial charge in [-0.25, -0.2) is 16.0 Å². The van der Waals surface area contributed by atoms with Gasteiger partial charge in [0.25, 0.3) is 0 Å². The first-order valence-corrected chi connectivity index (χ1v) is 15.6. The number of halogens is 1. The van der Waals surface area contributed by atoms with Gasteiger partial charge in [-0.15, -0.1) is 0 Å². The molecule has 5 aliphatic rings. The Hall–Kier alpha value is -4.28. The van der Waals surface area contributed by atoms with E-state index in [2.05, 4.69) is 34.4 Å². The Morgan fingerprint density at radius 1 is 1.23 bits per heavy atom. The fourth-order valence-corrected chi connectivity index (χ4v) is 7.34. The Kier molecular flexibility index (Phi) is 8.63. The zero-order valence-electron chi connectivity index (χ0n) is 25.2. The van der Waals surface area contributed by atoms with E-state index in [-0.39, 0.29) is 35.8 Å². The Labute approximate surface area is 258 Å².